The lowest BCUT2D eigenvalue weighted by atomic mass is 10.0. The van der Waals surface area contributed by atoms with Gasteiger partial charge in [-0.1, -0.05) is 60.7 Å². The van der Waals surface area contributed by atoms with Crippen LogP contribution in [-0.2, 0) is 9.67 Å². The molecule has 0 atom stereocenters. The van der Waals surface area contributed by atoms with Crippen molar-refractivity contribution in [3.8, 4) is 0 Å². The molecular weight excluding hydrogens is 240 g/mol. The summed E-state index contributed by atoms with van der Waals surface area (Å²) in [6.45, 7) is 0.830. The van der Waals surface area contributed by atoms with Crippen molar-refractivity contribution >= 4 is 11.8 Å². The van der Waals surface area contributed by atoms with E-state index in [-0.39, 0.29) is 4.93 Å². The van der Waals surface area contributed by atoms with Crippen molar-refractivity contribution in [3.05, 3.63) is 71.8 Å². The van der Waals surface area contributed by atoms with E-state index >= 15 is 0 Å². The minimum Gasteiger partial charge on any atom is -0.356 e. The maximum absolute atomic E-state index is 6.20. The number of hydrogen-bond donors (Lipinski definition) is 0. The lowest BCUT2D eigenvalue weighted by Gasteiger charge is -2.37. The third-order valence-electron chi connectivity index (χ3n) is 3.21. The fraction of sp³-hybridized carbons (Fsp3) is 0.250. The van der Waals surface area contributed by atoms with Crippen LogP contribution in [0.1, 0.15) is 17.5 Å². The van der Waals surface area contributed by atoms with Crippen molar-refractivity contribution < 1.29 is 4.74 Å². The Hall–Kier alpha value is -1.25. The van der Waals surface area contributed by atoms with Crippen LogP contribution < -0.4 is 0 Å². The lowest BCUT2D eigenvalue weighted by molar-refractivity contribution is 0.0456. The molecule has 0 saturated carbocycles. The maximum Gasteiger partial charge on any atom is 0.164 e. The van der Waals surface area contributed by atoms with Crippen LogP contribution in [0.2, 0.25) is 0 Å². The minimum atomic E-state index is -0.319. The quantitative estimate of drug-likeness (QED) is 0.802. The first-order valence-corrected chi connectivity index (χ1v) is 7.29. The molecule has 2 aromatic carbocycles. The molecule has 1 saturated heterocycles. The number of benzene rings is 2. The average molecular weight is 256 g/mol. The average Bonchev–Trinajstić information content (AvgIpc) is 2.50. The second-order valence-corrected chi connectivity index (χ2v) is 5.67. The van der Waals surface area contributed by atoms with Crippen LogP contribution in [0.4, 0.5) is 0 Å². The monoisotopic (exact) mass is 256 g/mol. The molecule has 0 aromatic heterocycles. The Balaban J connectivity index is 2.10. The van der Waals surface area contributed by atoms with Crippen LogP contribution in [-0.4, -0.2) is 12.4 Å². The molecule has 2 aromatic rings. The topological polar surface area (TPSA) is 9.23 Å². The van der Waals surface area contributed by atoms with Gasteiger partial charge in [0.25, 0.3) is 0 Å². The molecule has 1 aliphatic rings. The Kier molecular flexibility index (Phi) is 3.39. The van der Waals surface area contributed by atoms with Gasteiger partial charge in [0.1, 0.15) is 0 Å². The smallest absolute Gasteiger partial charge is 0.164 e. The molecule has 0 aliphatic carbocycles. The summed E-state index contributed by atoms with van der Waals surface area (Å²) < 4.78 is 6.20. The van der Waals surface area contributed by atoms with Gasteiger partial charge >= 0.3 is 0 Å². The molecule has 1 fully saturated rings. The number of hydrogen-bond acceptors (Lipinski definition) is 2. The Bertz CT molecular complexity index is 448. The Morgan fingerprint density at radius 2 is 1.39 bits per heavy atom. The van der Waals surface area contributed by atoms with E-state index in [4.69, 9.17) is 4.74 Å². The first-order chi connectivity index (χ1) is 8.92. The zero-order valence-corrected chi connectivity index (χ0v) is 11.0. The molecule has 0 radical (unpaired) electrons. The van der Waals surface area contributed by atoms with Crippen molar-refractivity contribution in [2.75, 3.05) is 12.4 Å². The highest BCUT2D eigenvalue weighted by Crippen LogP contribution is 2.46. The van der Waals surface area contributed by atoms with Crippen LogP contribution in [0.25, 0.3) is 0 Å². The highest BCUT2D eigenvalue weighted by Gasteiger charge is 2.37. The van der Waals surface area contributed by atoms with Crippen molar-refractivity contribution in [1.29, 1.82) is 0 Å². The molecule has 0 N–H and O–H groups in total. The summed E-state index contributed by atoms with van der Waals surface area (Å²) in [5.41, 5.74) is 2.47. The van der Waals surface area contributed by atoms with E-state index in [0.717, 1.165) is 18.8 Å². The summed E-state index contributed by atoms with van der Waals surface area (Å²) >= 11 is 1.89. The molecule has 1 heterocycles. The summed E-state index contributed by atoms with van der Waals surface area (Å²) in [4.78, 5) is -0.319. The van der Waals surface area contributed by atoms with E-state index in [2.05, 4.69) is 60.7 Å². The summed E-state index contributed by atoms with van der Waals surface area (Å²) in [5, 5.41) is 0. The molecule has 1 nitrogen and oxygen atoms in total. The lowest BCUT2D eigenvalue weighted by Crippen LogP contribution is -2.32. The summed E-state index contributed by atoms with van der Waals surface area (Å²) in [7, 11) is 0. The van der Waals surface area contributed by atoms with Gasteiger partial charge in [0.2, 0.25) is 0 Å². The summed E-state index contributed by atoms with van der Waals surface area (Å²) in [6, 6.07) is 21.1. The first kappa shape index (κ1) is 11.8. The molecule has 0 amide bonds. The third kappa shape index (κ3) is 2.06. The molecule has 0 spiro atoms. The zero-order chi connectivity index (χ0) is 12.3. The largest absolute Gasteiger partial charge is 0.356 e. The number of rotatable bonds is 2. The standard InChI is InChI=1S/C16H16OS/c1-3-8-14(9-4-1)16(17-12-7-13-18-16)15-10-5-2-6-11-15/h1-6,8-11H,7,12-13H2. The fourth-order valence-electron chi connectivity index (χ4n) is 2.35. The molecule has 1 aliphatic heterocycles. The molecule has 2 heteroatoms. The van der Waals surface area contributed by atoms with E-state index in [1.54, 1.807) is 0 Å². The first-order valence-electron chi connectivity index (χ1n) is 6.31. The van der Waals surface area contributed by atoms with Crippen molar-refractivity contribution in [2.45, 2.75) is 11.4 Å². The molecule has 0 bridgehead atoms. The van der Waals surface area contributed by atoms with Gasteiger partial charge in [0.15, 0.2) is 4.93 Å². The maximum atomic E-state index is 6.20. The van der Waals surface area contributed by atoms with Gasteiger partial charge in [0, 0.05) is 0 Å². The summed E-state index contributed by atoms with van der Waals surface area (Å²) in [5.74, 6) is 1.14. The molecule has 18 heavy (non-hydrogen) atoms. The van der Waals surface area contributed by atoms with Gasteiger partial charge in [-0.15, -0.1) is 11.8 Å². The van der Waals surface area contributed by atoms with Crippen molar-refractivity contribution in [1.82, 2.24) is 0 Å². The SMILES string of the molecule is c1ccc(C2(c3ccccc3)OCCCS2)cc1. The van der Waals surface area contributed by atoms with Gasteiger partial charge in [0.05, 0.1) is 6.61 Å². The van der Waals surface area contributed by atoms with Crippen molar-refractivity contribution in [2.24, 2.45) is 0 Å². The van der Waals surface area contributed by atoms with E-state index in [1.165, 1.54) is 11.1 Å². The summed E-state index contributed by atoms with van der Waals surface area (Å²) in [6.07, 6.45) is 1.13. The Morgan fingerprint density at radius 1 is 0.833 bits per heavy atom. The van der Waals surface area contributed by atoms with Crippen LogP contribution in [0.5, 0.6) is 0 Å². The second-order valence-electron chi connectivity index (χ2n) is 4.40. The Labute approximate surface area is 112 Å². The predicted molar refractivity (Wildman–Crippen MR) is 76.7 cm³/mol. The molecule has 3 rings (SSSR count). The number of ether oxygens (including phenoxy) is 1. The zero-order valence-electron chi connectivity index (χ0n) is 10.2. The van der Waals surface area contributed by atoms with Gasteiger partial charge in [-0.2, -0.15) is 0 Å². The highest BCUT2D eigenvalue weighted by atomic mass is 32.2. The van der Waals surface area contributed by atoms with Gasteiger partial charge < -0.3 is 4.74 Å². The highest BCUT2D eigenvalue weighted by molar-refractivity contribution is 8.00. The fourth-order valence-corrected chi connectivity index (χ4v) is 3.67. The van der Waals surface area contributed by atoms with E-state index in [0.29, 0.717) is 0 Å². The normalized spacial score (nSPS) is 18.4. The van der Waals surface area contributed by atoms with Gasteiger partial charge in [-0.05, 0) is 23.3 Å². The second kappa shape index (κ2) is 5.17. The number of thioether (sulfide) groups is 1. The van der Waals surface area contributed by atoms with Crippen LogP contribution >= 0.6 is 11.8 Å². The van der Waals surface area contributed by atoms with Crippen LogP contribution in [0.3, 0.4) is 0 Å². The van der Waals surface area contributed by atoms with E-state index in [1.807, 2.05) is 11.8 Å². The van der Waals surface area contributed by atoms with Crippen LogP contribution in [0.15, 0.2) is 60.7 Å². The third-order valence-corrected chi connectivity index (χ3v) is 4.70. The van der Waals surface area contributed by atoms with Crippen LogP contribution in [0, 0.1) is 0 Å². The van der Waals surface area contributed by atoms with E-state index in [9.17, 15) is 0 Å². The molecular formula is C16H16OS. The Morgan fingerprint density at radius 3 is 1.83 bits per heavy atom. The van der Waals surface area contributed by atoms with Crippen molar-refractivity contribution in [3.63, 3.8) is 0 Å². The van der Waals surface area contributed by atoms with Gasteiger partial charge in [-0.25, -0.2) is 0 Å². The van der Waals surface area contributed by atoms with E-state index < -0.39 is 0 Å². The molecule has 0 unspecified atom stereocenters. The minimum absolute atomic E-state index is 0.319. The van der Waals surface area contributed by atoms with Gasteiger partial charge in [-0.3, -0.25) is 0 Å². The predicted octanol–water partition coefficient (Wildman–Crippen LogP) is 4.04. The molecule has 92 valence electrons.